The van der Waals surface area contributed by atoms with Gasteiger partial charge in [0.25, 0.3) is 5.91 Å². The zero-order valence-corrected chi connectivity index (χ0v) is 13.6. The van der Waals surface area contributed by atoms with Gasteiger partial charge in [0.2, 0.25) is 0 Å². The number of aliphatic hydroxyl groups excluding tert-OH is 1. The van der Waals surface area contributed by atoms with Crippen LogP contribution < -0.4 is 10.1 Å². The van der Waals surface area contributed by atoms with E-state index in [0.29, 0.717) is 22.8 Å². The van der Waals surface area contributed by atoms with Crippen LogP contribution in [0.15, 0.2) is 42.6 Å². The van der Waals surface area contributed by atoms with Crippen molar-refractivity contribution >= 4 is 28.4 Å². The van der Waals surface area contributed by atoms with Crippen LogP contribution >= 0.6 is 0 Å². The van der Waals surface area contributed by atoms with Crippen molar-refractivity contribution in [3.63, 3.8) is 0 Å². The number of rotatable bonds is 6. The van der Waals surface area contributed by atoms with Gasteiger partial charge in [-0.3, -0.25) is 9.59 Å². The van der Waals surface area contributed by atoms with Crippen molar-refractivity contribution in [3.8, 4) is 5.75 Å². The fourth-order valence-corrected chi connectivity index (χ4v) is 2.34. The second kappa shape index (κ2) is 7.14. The summed E-state index contributed by atoms with van der Waals surface area (Å²) in [4.78, 5) is 30.9. The first-order valence-electron chi connectivity index (χ1n) is 7.71. The maximum atomic E-state index is 12.3. The number of benzene rings is 1. The number of nitrogens with one attached hydrogen (secondary N) is 2. The zero-order valence-electron chi connectivity index (χ0n) is 13.6. The molecule has 0 atom stereocenters. The molecule has 0 bridgehead atoms. The molecule has 0 fully saturated rings. The molecule has 1 aromatic carbocycles. The molecule has 128 valence electrons. The molecular weight excluding hydrogens is 322 g/mol. The first-order chi connectivity index (χ1) is 12.1. The van der Waals surface area contributed by atoms with Crippen LogP contribution in [0.3, 0.4) is 0 Å². The van der Waals surface area contributed by atoms with Gasteiger partial charge >= 0.3 is 0 Å². The van der Waals surface area contributed by atoms with Crippen LogP contribution in [-0.2, 0) is 0 Å². The number of anilines is 1. The number of amides is 1. The van der Waals surface area contributed by atoms with Crippen molar-refractivity contribution < 1.29 is 19.4 Å². The Balaban J connectivity index is 1.73. The Morgan fingerprint density at radius 1 is 1.24 bits per heavy atom. The van der Waals surface area contributed by atoms with Gasteiger partial charge in [-0.15, -0.1) is 0 Å². The molecule has 25 heavy (non-hydrogen) atoms. The highest BCUT2D eigenvalue weighted by Gasteiger charge is 2.10. The van der Waals surface area contributed by atoms with E-state index in [2.05, 4.69) is 15.3 Å². The van der Waals surface area contributed by atoms with E-state index in [4.69, 9.17) is 9.84 Å². The Bertz CT molecular complexity index is 916. The predicted molar refractivity (Wildman–Crippen MR) is 93.1 cm³/mol. The highest BCUT2D eigenvalue weighted by molar-refractivity contribution is 6.05. The number of aliphatic hydroxyl groups is 1. The summed E-state index contributed by atoms with van der Waals surface area (Å²) in [5.74, 6) is 0.606. The topological polar surface area (TPSA) is 104 Å². The molecular formula is C18H17N3O4. The van der Waals surface area contributed by atoms with Crippen molar-refractivity contribution in [2.75, 3.05) is 18.5 Å². The Kier molecular flexibility index (Phi) is 4.76. The number of carbonyl (C=O) groups excluding carboxylic acids is 2. The van der Waals surface area contributed by atoms with Crippen LogP contribution in [-0.4, -0.2) is 40.0 Å². The number of aromatic amines is 1. The molecule has 3 rings (SSSR count). The lowest BCUT2D eigenvalue weighted by Crippen LogP contribution is -2.12. The van der Waals surface area contributed by atoms with Crippen molar-refractivity contribution in [2.24, 2.45) is 0 Å². The van der Waals surface area contributed by atoms with Gasteiger partial charge in [0.1, 0.15) is 18.2 Å². The number of carbonyl (C=O) groups is 2. The van der Waals surface area contributed by atoms with Crippen molar-refractivity contribution in [2.45, 2.75) is 6.92 Å². The van der Waals surface area contributed by atoms with Crippen LogP contribution in [0.4, 0.5) is 5.82 Å². The summed E-state index contributed by atoms with van der Waals surface area (Å²) in [6.07, 6.45) is 1.57. The first-order valence-corrected chi connectivity index (χ1v) is 7.71. The predicted octanol–water partition coefficient (Wildman–Crippen LogP) is 2.39. The van der Waals surface area contributed by atoms with E-state index in [-0.39, 0.29) is 24.9 Å². The molecule has 2 heterocycles. The van der Waals surface area contributed by atoms with Crippen molar-refractivity contribution in [1.82, 2.24) is 9.97 Å². The molecule has 0 aliphatic heterocycles. The number of ketones is 1. The highest BCUT2D eigenvalue weighted by atomic mass is 16.5. The molecule has 0 aliphatic rings. The normalized spacial score (nSPS) is 10.6. The van der Waals surface area contributed by atoms with E-state index in [1.54, 1.807) is 42.6 Å². The molecule has 0 radical (unpaired) electrons. The van der Waals surface area contributed by atoms with Crippen LogP contribution in [0.1, 0.15) is 27.8 Å². The minimum Gasteiger partial charge on any atom is -0.491 e. The molecule has 3 N–H and O–H groups in total. The summed E-state index contributed by atoms with van der Waals surface area (Å²) >= 11 is 0. The molecule has 0 saturated heterocycles. The lowest BCUT2D eigenvalue weighted by atomic mass is 10.2. The average molecular weight is 339 g/mol. The fourth-order valence-electron chi connectivity index (χ4n) is 2.34. The maximum Gasteiger partial charge on any atom is 0.256 e. The Morgan fingerprint density at radius 2 is 2.00 bits per heavy atom. The highest BCUT2D eigenvalue weighted by Crippen LogP contribution is 2.19. The standard InChI is InChI=1S/C18H17N3O4/c1-11(23)15-8-13-9-17(19-10-16(13)20-15)21-18(24)12-2-4-14(5-3-12)25-7-6-22/h2-5,8-10,20,22H,6-7H2,1H3,(H,19,21,24). The monoisotopic (exact) mass is 339 g/mol. The molecule has 1 amide bonds. The minimum absolute atomic E-state index is 0.0645. The van der Waals surface area contributed by atoms with Gasteiger partial charge in [-0.2, -0.15) is 0 Å². The van der Waals surface area contributed by atoms with Gasteiger partial charge < -0.3 is 20.1 Å². The van der Waals surface area contributed by atoms with Crippen molar-refractivity contribution in [1.29, 1.82) is 0 Å². The van der Waals surface area contributed by atoms with Crippen LogP contribution in [0.25, 0.3) is 10.9 Å². The Hall–Kier alpha value is -3.19. The SMILES string of the molecule is CC(=O)c1cc2cc(NC(=O)c3ccc(OCCO)cc3)ncc2[nH]1. The molecule has 0 saturated carbocycles. The second-order valence-corrected chi connectivity index (χ2v) is 5.45. The number of hydrogen-bond acceptors (Lipinski definition) is 5. The Morgan fingerprint density at radius 3 is 2.68 bits per heavy atom. The number of ether oxygens (including phenoxy) is 1. The second-order valence-electron chi connectivity index (χ2n) is 5.45. The van der Waals surface area contributed by atoms with E-state index in [1.165, 1.54) is 6.92 Å². The van der Waals surface area contributed by atoms with Crippen LogP contribution in [0.5, 0.6) is 5.75 Å². The summed E-state index contributed by atoms with van der Waals surface area (Å²) in [5.41, 5.74) is 1.68. The quantitative estimate of drug-likeness (QED) is 0.598. The van der Waals surface area contributed by atoms with Crippen LogP contribution in [0, 0.1) is 0 Å². The van der Waals surface area contributed by atoms with E-state index in [0.717, 1.165) is 10.9 Å². The molecule has 2 aromatic heterocycles. The summed E-state index contributed by atoms with van der Waals surface area (Å²) < 4.78 is 5.25. The van der Waals surface area contributed by atoms with E-state index in [1.807, 2.05) is 0 Å². The molecule has 0 unspecified atom stereocenters. The van der Waals surface area contributed by atoms with Gasteiger partial charge in [0, 0.05) is 17.9 Å². The summed E-state index contributed by atoms with van der Waals surface area (Å²) in [6.45, 7) is 1.62. The number of aromatic nitrogens is 2. The number of pyridine rings is 1. The van der Waals surface area contributed by atoms with Crippen LogP contribution in [0.2, 0.25) is 0 Å². The Labute approximate surface area is 143 Å². The molecule has 3 aromatic rings. The number of fused-ring (bicyclic) bond motifs is 1. The first kappa shape index (κ1) is 16.7. The summed E-state index contributed by atoms with van der Waals surface area (Å²) in [6, 6.07) is 10.0. The molecule has 7 nitrogen and oxygen atoms in total. The average Bonchev–Trinajstić information content (AvgIpc) is 3.04. The number of nitrogens with zero attached hydrogens (tertiary/aromatic N) is 1. The van der Waals surface area contributed by atoms with E-state index >= 15 is 0 Å². The third kappa shape index (κ3) is 3.84. The molecule has 0 aliphatic carbocycles. The van der Waals surface area contributed by atoms with Gasteiger partial charge in [0.05, 0.1) is 24.0 Å². The minimum atomic E-state index is -0.303. The van der Waals surface area contributed by atoms with Crippen molar-refractivity contribution in [3.05, 3.63) is 53.9 Å². The third-order valence-corrected chi connectivity index (χ3v) is 3.60. The smallest absolute Gasteiger partial charge is 0.256 e. The maximum absolute atomic E-state index is 12.3. The zero-order chi connectivity index (χ0) is 17.8. The van der Waals surface area contributed by atoms with Gasteiger partial charge in [-0.05, 0) is 36.4 Å². The van der Waals surface area contributed by atoms with E-state index < -0.39 is 0 Å². The summed E-state index contributed by atoms with van der Waals surface area (Å²) in [7, 11) is 0. The molecule has 0 spiro atoms. The number of hydrogen-bond donors (Lipinski definition) is 3. The molecule has 7 heteroatoms. The number of Topliss-reactive ketones (excluding diaryl/α,β-unsaturated/α-hetero) is 1. The van der Waals surface area contributed by atoms with Gasteiger partial charge in [-0.1, -0.05) is 0 Å². The lowest BCUT2D eigenvalue weighted by molar-refractivity contribution is 0.101. The lowest BCUT2D eigenvalue weighted by Gasteiger charge is -2.07. The largest absolute Gasteiger partial charge is 0.491 e. The van der Waals surface area contributed by atoms with Gasteiger partial charge in [-0.25, -0.2) is 4.98 Å². The third-order valence-electron chi connectivity index (χ3n) is 3.60. The number of H-pyrrole nitrogens is 1. The summed E-state index contributed by atoms with van der Waals surface area (Å²) in [5, 5.41) is 12.2. The van der Waals surface area contributed by atoms with Gasteiger partial charge in [0.15, 0.2) is 5.78 Å². The van der Waals surface area contributed by atoms with E-state index in [9.17, 15) is 9.59 Å². The fraction of sp³-hybridized carbons (Fsp3) is 0.167.